The highest BCUT2D eigenvalue weighted by Gasteiger charge is 2.20. The first-order valence-electron chi connectivity index (χ1n) is 6.92. The molecule has 1 aromatic rings. The van der Waals surface area contributed by atoms with Gasteiger partial charge in [0.25, 0.3) is 0 Å². The number of rotatable bonds is 4. The van der Waals surface area contributed by atoms with Gasteiger partial charge in [0.15, 0.2) is 0 Å². The van der Waals surface area contributed by atoms with Gasteiger partial charge >= 0.3 is 0 Å². The van der Waals surface area contributed by atoms with Gasteiger partial charge in [0, 0.05) is 12.1 Å². The predicted octanol–water partition coefficient (Wildman–Crippen LogP) is 2.14. The first kappa shape index (κ1) is 13.4. The van der Waals surface area contributed by atoms with Crippen molar-refractivity contribution in [1.82, 2.24) is 4.90 Å². The van der Waals surface area contributed by atoms with Crippen LogP contribution in [0, 0.1) is 0 Å². The average molecular weight is 248 g/mol. The lowest BCUT2D eigenvalue weighted by molar-refractivity contribution is 0.156. The zero-order valence-corrected chi connectivity index (χ0v) is 11.2. The molecule has 0 aromatic heterocycles. The van der Waals surface area contributed by atoms with Gasteiger partial charge in [0.05, 0.1) is 0 Å². The number of nitrogens with zero attached hydrogens (tertiary/aromatic N) is 1. The fourth-order valence-electron chi connectivity index (χ4n) is 2.58. The third-order valence-electron chi connectivity index (χ3n) is 3.98. The number of piperidine rings is 1. The molecule has 0 spiro atoms. The van der Waals surface area contributed by atoms with Gasteiger partial charge in [0.1, 0.15) is 5.75 Å². The molecule has 1 fully saturated rings. The number of hydrogen-bond acceptors (Lipinski definition) is 3. The van der Waals surface area contributed by atoms with Crippen molar-refractivity contribution in [2.24, 2.45) is 5.73 Å². The molecule has 0 saturated carbocycles. The Morgan fingerprint density at radius 1 is 1.28 bits per heavy atom. The van der Waals surface area contributed by atoms with Gasteiger partial charge in [-0.2, -0.15) is 0 Å². The van der Waals surface area contributed by atoms with Crippen molar-refractivity contribution in [3.63, 3.8) is 0 Å². The number of aromatic hydroxyl groups is 1. The Morgan fingerprint density at radius 3 is 2.50 bits per heavy atom. The SMILES string of the molecule is CC(CCc1ccc(O)cc1)N1CCC(N)CC1. The molecular weight excluding hydrogens is 224 g/mol. The predicted molar refractivity (Wildman–Crippen MR) is 74.7 cm³/mol. The summed E-state index contributed by atoms with van der Waals surface area (Å²) in [6.45, 7) is 4.58. The minimum Gasteiger partial charge on any atom is -0.508 e. The summed E-state index contributed by atoms with van der Waals surface area (Å²) in [4.78, 5) is 2.55. The van der Waals surface area contributed by atoms with Crippen molar-refractivity contribution in [3.8, 4) is 5.75 Å². The largest absolute Gasteiger partial charge is 0.508 e. The van der Waals surface area contributed by atoms with Gasteiger partial charge in [-0.1, -0.05) is 12.1 Å². The Balaban J connectivity index is 1.77. The summed E-state index contributed by atoms with van der Waals surface area (Å²) >= 11 is 0. The van der Waals surface area contributed by atoms with E-state index >= 15 is 0 Å². The lowest BCUT2D eigenvalue weighted by atomic mass is 10.0. The van der Waals surface area contributed by atoms with Crippen molar-refractivity contribution in [2.45, 2.75) is 44.7 Å². The summed E-state index contributed by atoms with van der Waals surface area (Å²) in [5, 5.41) is 9.24. The molecule has 0 aliphatic carbocycles. The fraction of sp³-hybridized carbons (Fsp3) is 0.600. The van der Waals surface area contributed by atoms with E-state index in [9.17, 15) is 5.11 Å². The van der Waals surface area contributed by atoms with Crippen LogP contribution in [0.15, 0.2) is 24.3 Å². The van der Waals surface area contributed by atoms with E-state index in [2.05, 4.69) is 11.8 Å². The van der Waals surface area contributed by atoms with E-state index in [-0.39, 0.29) is 0 Å². The van der Waals surface area contributed by atoms with Crippen LogP contribution in [-0.4, -0.2) is 35.2 Å². The van der Waals surface area contributed by atoms with Gasteiger partial charge in [-0.3, -0.25) is 0 Å². The average Bonchev–Trinajstić information content (AvgIpc) is 2.38. The number of nitrogens with two attached hydrogens (primary N) is 1. The van der Waals surface area contributed by atoms with Crippen LogP contribution in [-0.2, 0) is 6.42 Å². The second kappa shape index (κ2) is 6.21. The summed E-state index contributed by atoms with van der Waals surface area (Å²) in [6.07, 6.45) is 4.50. The molecule has 100 valence electrons. The van der Waals surface area contributed by atoms with E-state index in [0.29, 0.717) is 17.8 Å². The third-order valence-corrected chi connectivity index (χ3v) is 3.98. The molecule has 3 N–H and O–H groups in total. The molecule has 0 amide bonds. The van der Waals surface area contributed by atoms with Gasteiger partial charge in [-0.15, -0.1) is 0 Å². The lowest BCUT2D eigenvalue weighted by Gasteiger charge is -2.34. The minimum atomic E-state index is 0.344. The quantitative estimate of drug-likeness (QED) is 0.858. The standard InChI is InChI=1S/C15H24N2O/c1-12(17-10-8-14(16)9-11-17)2-3-13-4-6-15(18)7-5-13/h4-7,12,14,18H,2-3,8-11,16H2,1H3. The van der Waals surface area contributed by atoms with Gasteiger partial charge in [-0.25, -0.2) is 0 Å². The number of aryl methyl sites for hydroxylation is 1. The van der Waals surface area contributed by atoms with Crippen molar-refractivity contribution >= 4 is 0 Å². The first-order valence-corrected chi connectivity index (χ1v) is 6.92. The van der Waals surface area contributed by atoms with Crippen molar-refractivity contribution < 1.29 is 5.11 Å². The zero-order chi connectivity index (χ0) is 13.0. The number of benzene rings is 1. The Labute approximate surface area is 110 Å². The van der Waals surface area contributed by atoms with Crippen LogP contribution in [0.3, 0.4) is 0 Å². The molecule has 1 heterocycles. The van der Waals surface area contributed by atoms with Gasteiger partial charge < -0.3 is 15.7 Å². The molecule has 0 bridgehead atoms. The third kappa shape index (κ3) is 3.72. The minimum absolute atomic E-state index is 0.344. The molecule has 1 aliphatic rings. The lowest BCUT2D eigenvalue weighted by Crippen LogP contribution is -2.44. The molecule has 1 unspecified atom stereocenters. The topological polar surface area (TPSA) is 49.5 Å². The van der Waals surface area contributed by atoms with Crippen molar-refractivity contribution in [3.05, 3.63) is 29.8 Å². The highest BCUT2D eigenvalue weighted by atomic mass is 16.3. The molecule has 1 aromatic carbocycles. The number of phenolic OH excluding ortho intramolecular Hbond substituents is 1. The van der Waals surface area contributed by atoms with Crippen molar-refractivity contribution in [1.29, 1.82) is 0 Å². The van der Waals surface area contributed by atoms with E-state index in [0.717, 1.165) is 32.4 Å². The first-order chi connectivity index (χ1) is 8.65. The second-order valence-electron chi connectivity index (χ2n) is 5.43. The fourth-order valence-corrected chi connectivity index (χ4v) is 2.58. The van der Waals surface area contributed by atoms with E-state index in [1.54, 1.807) is 12.1 Å². The van der Waals surface area contributed by atoms with Crippen LogP contribution in [0.1, 0.15) is 31.7 Å². The maximum atomic E-state index is 9.24. The number of phenols is 1. The number of likely N-dealkylation sites (tertiary alicyclic amines) is 1. The van der Waals surface area contributed by atoms with E-state index in [1.807, 2.05) is 12.1 Å². The Hall–Kier alpha value is -1.06. The smallest absolute Gasteiger partial charge is 0.115 e. The molecule has 18 heavy (non-hydrogen) atoms. The Morgan fingerprint density at radius 2 is 1.89 bits per heavy atom. The van der Waals surface area contributed by atoms with E-state index in [1.165, 1.54) is 12.0 Å². The van der Waals surface area contributed by atoms with Crippen LogP contribution in [0.5, 0.6) is 5.75 Å². The normalized spacial score (nSPS) is 19.9. The maximum Gasteiger partial charge on any atom is 0.115 e. The Kier molecular flexibility index (Phi) is 4.61. The van der Waals surface area contributed by atoms with E-state index in [4.69, 9.17) is 5.73 Å². The highest BCUT2D eigenvalue weighted by molar-refractivity contribution is 5.25. The van der Waals surface area contributed by atoms with Gasteiger partial charge in [-0.05, 0) is 63.4 Å². The molecule has 3 heteroatoms. The molecule has 1 aliphatic heterocycles. The summed E-state index contributed by atoms with van der Waals surface area (Å²) in [6, 6.07) is 8.57. The summed E-state index contributed by atoms with van der Waals surface area (Å²) < 4.78 is 0. The molecular formula is C15H24N2O. The molecule has 0 radical (unpaired) electrons. The van der Waals surface area contributed by atoms with Crippen LogP contribution >= 0.6 is 0 Å². The van der Waals surface area contributed by atoms with Crippen LogP contribution in [0.25, 0.3) is 0 Å². The van der Waals surface area contributed by atoms with E-state index < -0.39 is 0 Å². The Bertz CT molecular complexity index is 355. The van der Waals surface area contributed by atoms with Crippen LogP contribution in [0.2, 0.25) is 0 Å². The number of hydrogen-bond donors (Lipinski definition) is 2. The highest BCUT2D eigenvalue weighted by Crippen LogP contribution is 2.17. The molecule has 1 saturated heterocycles. The summed E-state index contributed by atoms with van der Waals surface area (Å²) in [7, 11) is 0. The monoisotopic (exact) mass is 248 g/mol. The van der Waals surface area contributed by atoms with Crippen LogP contribution < -0.4 is 5.73 Å². The summed E-state index contributed by atoms with van der Waals surface area (Å²) in [5.41, 5.74) is 7.23. The molecule has 1 atom stereocenters. The maximum absolute atomic E-state index is 9.24. The second-order valence-corrected chi connectivity index (χ2v) is 5.43. The molecule has 3 nitrogen and oxygen atoms in total. The van der Waals surface area contributed by atoms with Crippen molar-refractivity contribution in [2.75, 3.05) is 13.1 Å². The van der Waals surface area contributed by atoms with Crippen LogP contribution in [0.4, 0.5) is 0 Å². The zero-order valence-electron chi connectivity index (χ0n) is 11.2. The summed E-state index contributed by atoms with van der Waals surface area (Å²) in [5.74, 6) is 0.344. The molecule has 2 rings (SSSR count). The van der Waals surface area contributed by atoms with Gasteiger partial charge in [0.2, 0.25) is 0 Å².